The van der Waals surface area contributed by atoms with Crippen LogP contribution >= 0.6 is 0 Å². The molecular formula is C30H37N3O7. The summed E-state index contributed by atoms with van der Waals surface area (Å²) in [6.07, 6.45) is 0.764. The van der Waals surface area contributed by atoms with Gasteiger partial charge in [0.25, 0.3) is 0 Å². The molecule has 0 radical (unpaired) electrons. The number of ether oxygens (including phenoxy) is 3. The first-order valence-electron chi connectivity index (χ1n) is 13.8. The van der Waals surface area contributed by atoms with E-state index < -0.39 is 29.1 Å². The molecule has 0 saturated carbocycles. The zero-order valence-electron chi connectivity index (χ0n) is 23.3. The maximum absolute atomic E-state index is 14.0. The lowest BCUT2D eigenvalue weighted by Crippen LogP contribution is -2.54. The van der Waals surface area contributed by atoms with Crippen molar-refractivity contribution in [2.75, 3.05) is 37.5 Å². The fourth-order valence-electron chi connectivity index (χ4n) is 6.83. The van der Waals surface area contributed by atoms with Crippen LogP contribution in [0.25, 0.3) is 0 Å². The van der Waals surface area contributed by atoms with Gasteiger partial charge in [-0.25, -0.2) is 0 Å². The highest BCUT2D eigenvalue weighted by Gasteiger charge is 2.79. The van der Waals surface area contributed by atoms with Gasteiger partial charge in [-0.15, -0.1) is 0 Å². The number of amides is 3. The number of carbonyl (C=O) groups excluding carboxylic acids is 3. The molecule has 10 nitrogen and oxygen atoms in total. The smallest absolute Gasteiger partial charge is 0.250 e. The maximum Gasteiger partial charge on any atom is 0.250 e. The van der Waals surface area contributed by atoms with Crippen molar-refractivity contribution in [2.45, 2.75) is 50.9 Å². The van der Waals surface area contributed by atoms with E-state index in [1.165, 1.54) is 4.90 Å². The Labute approximate surface area is 234 Å². The number of nitrogens with one attached hydrogen (secondary N) is 2. The Kier molecular flexibility index (Phi) is 7.50. The molecule has 2 aromatic rings. The van der Waals surface area contributed by atoms with Crippen LogP contribution in [0.1, 0.15) is 33.6 Å². The van der Waals surface area contributed by atoms with Gasteiger partial charge in [0.05, 0.1) is 31.2 Å². The number of anilines is 2. The van der Waals surface area contributed by atoms with E-state index in [-0.39, 0.29) is 36.8 Å². The van der Waals surface area contributed by atoms with E-state index in [9.17, 15) is 19.5 Å². The van der Waals surface area contributed by atoms with Crippen molar-refractivity contribution < 1.29 is 33.7 Å². The van der Waals surface area contributed by atoms with Crippen molar-refractivity contribution in [3.05, 3.63) is 48.5 Å². The average molecular weight is 552 g/mol. The molecule has 3 aliphatic heterocycles. The highest BCUT2D eigenvalue weighted by molar-refractivity contribution is 6.05. The summed E-state index contributed by atoms with van der Waals surface area (Å²) >= 11 is 0. The Morgan fingerprint density at radius 2 is 1.65 bits per heavy atom. The molecule has 3 unspecified atom stereocenters. The van der Waals surface area contributed by atoms with Crippen LogP contribution in [-0.4, -0.2) is 71.8 Å². The van der Waals surface area contributed by atoms with Crippen molar-refractivity contribution in [3.63, 3.8) is 0 Å². The van der Waals surface area contributed by atoms with Gasteiger partial charge in [0.1, 0.15) is 23.1 Å². The summed E-state index contributed by atoms with van der Waals surface area (Å²) in [5, 5.41) is 15.4. The summed E-state index contributed by atoms with van der Waals surface area (Å²) in [5.41, 5.74) is -0.968. The number of aliphatic hydroxyl groups is 1. The minimum absolute atomic E-state index is 0.0818. The topological polar surface area (TPSA) is 126 Å². The number of aliphatic hydroxyl groups excluding tert-OH is 1. The zero-order valence-corrected chi connectivity index (χ0v) is 23.3. The summed E-state index contributed by atoms with van der Waals surface area (Å²) in [5.74, 6) is -1.38. The Morgan fingerprint density at radius 3 is 2.23 bits per heavy atom. The highest BCUT2D eigenvalue weighted by Crippen LogP contribution is 2.65. The molecule has 2 aromatic carbocycles. The molecule has 3 saturated heterocycles. The van der Waals surface area contributed by atoms with Crippen LogP contribution in [-0.2, 0) is 19.1 Å². The van der Waals surface area contributed by atoms with Gasteiger partial charge in [-0.2, -0.15) is 0 Å². The number of likely N-dealkylation sites (tertiary alicyclic amines) is 1. The Morgan fingerprint density at radius 1 is 1.05 bits per heavy atom. The largest absolute Gasteiger partial charge is 0.497 e. The van der Waals surface area contributed by atoms with E-state index >= 15 is 0 Å². The van der Waals surface area contributed by atoms with Crippen molar-refractivity contribution in [3.8, 4) is 11.5 Å². The van der Waals surface area contributed by atoms with E-state index in [1.807, 2.05) is 20.8 Å². The van der Waals surface area contributed by atoms with Crippen LogP contribution in [0.2, 0.25) is 0 Å². The minimum atomic E-state index is -1.17. The summed E-state index contributed by atoms with van der Waals surface area (Å²) < 4.78 is 17.4. The lowest BCUT2D eigenvalue weighted by atomic mass is 9.62. The summed E-state index contributed by atoms with van der Waals surface area (Å²) in [4.78, 5) is 43.3. The molecule has 3 aliphatic rings. The van der Waals surface area contributed by atoms with Crippen LogP contribution in [0.3, 0.4) is 0 Å². The molecule has 3 heterocycles. The standard InChI is InChI=1S/C30H37N3O7/c1-5-39-22-13-9-19(10-14-22)31-26(35)23-24-28(37)33(15-6-16-34)25(30(24)17-18(2)29(23,3)40-30)27(36)32-20-7-11-21(38-4)12-8-20/h7-14,18,23-25,34H,5-6,15-17H2,1-4H3,(H,31,35)(H,32,36)/t18?,23-,24-,25?,29+,30?/m0/s1. The van der Waals surface area contributed by atoms with Crippen LogP contribution in [0.15, 0.2) is 48.5 Å². The first-order chi connectivity index (χ1) is 19.2. The molecule has 3 fully saturated rings. The van der Waals surface area contributed by atoms with Crippen LogP contribution < -0.4 is 20.1 Å². The Balaban J connectivity index is 1.46. The molecule has 10 heteroatoms. The predicted molar refractivity (Wildman–Crippen MR) is 148 cm³/mol. The molecule has 5 rings (SSSR count). The lowest BCUT2D eigenvalue weighted by Gasteiger charge is -2.36. The third-order valence-corrected chi connectivity index (χ3v) is 8.69. The first-order valence-corrected chi connectivity index (χ1v) is 13.8. The third-order valence-electron chi connectivity index (χ3n) is 8.69. The number of nitrogens with zero attached hydrogens (tertiary/aromatic N) is 1. The van der Waals surface area contributed by atoms with Gasteiger partial charge in [0.2, 0.25) is 17.7 Å². The summed E-state index contributed by atoms with van der Waals surface area (Å²) in [6, 6.07) is 13.0. The van der Waals surface area contributed by atoms with Crippen LogP contribution in [0.4, 0.5) is 11.4 Å². The molecule has 0 aromatic heterocycles. The van der Waals surface area contributed by atoms with Gasteiger partial charge in [-0.3, -0.25) is 14.4 Å². The number of hydrogen-bond donors (Lipinski definition) is 3. The molecule has 3 amide bonds. The minimum Gasteiger partial charge on any atom is -0.497 e. The molecule has 2 bridgehead atoms. The van der Waals surface area contributed by atoms with E-state index in [0.717, 1.165) is 0 Å². The summed E-state index contributed by atoms with van der Waals surface area (Å²) in [7, 11) is 1.56. The molecular weight excluding hydrogens is 514 g/mol. The second-order valence-electron chi connectivity index (χ2n) is 11.0. The normalized spacial score (nSPS) is 30.2. The van der Waals surface area contributed by atoms with Crippen LogP contribution in [0, 0.1) is 17.8 Å². The van der Waals surface area contributed by atoms with E-state index in [4.69, 9.17) is 14.2 Å². The number of fused-ring (bicyclic) bond motifs is 1. The number of rotatable bonds is 10. The number of hydrogen-bond acceptors (Lipinski definition) is 7. The number of carbonyl (C=O) groups is 3. The molecule has 40 heavy (non-hydrogen) atoms. The average Bonchev–Trinajstić information content (AvgIpc) is 3.45. The highest BCUT2D eigenvalue weighted by atomic mass is 16.5. The van der Waals surface area contributed by atoms with Crippen molar-refractivity contribution in [2.24, 2.45) is 17.8 Å². The molecule has 214 valence electrons. The predicted octanol–water partition coefficient (Wildman–Crippen LogP) is 3.06. The maximum atomic E-state index is 14.0. The van der Waals surface area contributed by atoms with E-state index in [2.05, 4.69) is 10.6 Å². The fourth-order valence-corrected chi connectivity index (χ4v) is 6.83. The molecule has 6 atom stereocenters. The first kappa shape index (κ1) is 27.9. The Hall–Kier alpha value is -3.63. The zero-order chi connectivity index (χ0) is 28.7. The van der Waals surface area contributed by atoms with Gasteiger partial charge >= 0.3 is 0 Å². The van der Waals surface area contributed by atoms with Crippen LogP contribution in [0.5, 0.6) is 11.5 Å². The van der Waals surface area contributed by atoms with Gasteiger partial charge in [0, 0.05) is 24.5 Å². The fraction of sp³-hybridized carbons (Fsp3) is 0.500. The molecule has 1 spiro atoms. The Bertz CT molecular complexity index is 1270. The van der Waals surface area contributed by atoms with Crippen molar-refractivity contribution >= 4 is 29.1 Å². The molecule has 0 aliphatic carbocycles. The number of benzene rings is 2. The summed E-state index contributed by atoms with van der Waals surface area (Å²) in [6.45, 7) is 6.35. The quantitative estimate of drug-likeness (QED) is 0.414. The number of methoxy groups -OCH3 is 1. The SMILES string of the molecule is CCOc1ccc(NC(=O)[C@@H]2[C@H]3C(=O)N(CCCO)C(C(=O)Nc4ccc(OC)cc4)C34CC(C)[C@@]2(C)O4)cc1. The van der Waals surface area contributed by atoms with Crippen molar-refractivity contribution in [1.82, 2.24) is 4.90 Å². The monoisotopic (exact) mass is 551 g/mol. The second kappa shape index (κ2) is 10.7. The van der Waals surface area contributed by atoms with Gasteiger partial charge in [-0.1, -0.05) is 6.92 Å². The second-order valence-corrected chi connectivity index (χ2v) is 11.0. The van der Waals surface area contributed by atoms with E-state index in [1.54, 1.807) is 55.6 Å². The van der Waals surface area contributed by atoms with E-state index in [0.29, 0.717) is 42.3 Å². The van der Waals surface area contributed by atoms with Gasteiger partial charge in [0.15, 0.2) is 0 Å². The third kappa shape index (κ3) is 4.49. The van der Waals surface area contributed by atoms with Crippen molar-refractivity contribution in [1.29, 1.82) is 0 Å². The van der Waals surface area contributed by atoms with Gasteiger partial charge in [-0.05, 0) is 81.1 Å². The molecule has 3 N–H and O–H groups in total. The van der Waals surface area contributed by atoms with Gasteiger partial charge < -0.3 is 34.9 Å². The lowest BCUT2D eigenvalue weighted by molar-refractivity contribution is -0.144.